The van der Waals surface area contributed by atoms with E-state index in [0.29, 0.717) is 32.7 Å². The van der Waals surface area contributed by atoms with Gasteiger partial charge in [0.1, 0.15) is 17.0 Å². The third-order valence-electron chi connectivity index (χ3n) is 4.13. The van der Waals surface area contributed by atoms with Crippen LogP contribution in [0.25, 0.3) is 10.2 Å². The number of furan rings is 1. The van der Waals surface area contributed by atoms with Crippen molar-refractivity contribution in [2.45, 2.75) is 6.54 Å². The minimum Gasteiger partial charge on any atom is -0.494 e. The maximum absolute atomic E-state index is 13.3. The van der Waals surface area contributed by atoms with Crippen molar-refractivity contribution in [3.05, 3.63) is 75.6 Å². The van der Waals surface area contributed by atoms with E-state index >= 15 is 0 Å². The zero-order valence-electron chi connectivity index (χ0n) is 14.7. The summed E-state index contributed by atoms with van der Waals surface area (Å²) in [5, 5.41) is 1.08. The Kier molecular flexibility index (Phi) is 5.39. The number of amides is 1. The number of hydrogen-bond donors (Lipinski definition) is 0. The van der Waals surface area contributed by atoms with Crippen molar-refractivity contribution in [1.29, 1.82) is 0 Å². The van der Waals surface area contributed by atoms with Gasteiger partial charge >= 0.3 is 0 Å². The number of rotatable bonds is 5. The van der Waals surface area contributed by atoms with Crippen LogP contribution in [0, 0.1) is 0 Å². The molecule has 0 aliphatic carbocycles. The minimum atomic E-state index is -0.182. The van der Waals surface area contributed by atoms with E-state index in [-0.39, 0.29) is 12.5 Å². The molecule has 0 bridgehead atoms. The second-order valence-corrected chi connectivity index (χ2v) is 8.20. The normalized spacial score (nSPS) is 11.0. The molecule has 0 spiro atoms. The third-order valence-corrected chi connectivity index (χ3v) is 6.20. The molecular weight excluding hydrogens is 464 g/mol. The number of aromatic nitrogens is 1. The molecule has 0 radical (unpaired) electrons. The molecule has 142 valence electrons. The first-order valence-corrected chi connectivity index (χ1v) is 10.3. The van der Waals surface area contributed by atoms with Crippen molar-refractivity contribution in [3.63, 3.8) is 0 Å². The first-order chi connectivity index (χ1) is 13.6. The fourth-order valence-electron chi connectivity index (χ4n) is 2.75. The minimum absolute atomic E-state index is 0.182. The van der Waals surface area contributed by atoms with Crippen molar-refractivity contribution in [2.24, 2.45) is 0 Å². The van der Waals surface area contributed by atoms with Gasteiger partial charge in [-0.3, -0.25) is 9.69 Å². The number of hydrogen-bond acceptors (Lipinski definition) is 5. The Hall–Kier alpha value is -2.35. The molecule has 2 aromatic heterocycles. The van der Waals surface area contributed by atoms with Crippen LogP contribution in [0.15, 0.2) is 63.7 Å². The largest absolute Gasteiger partial charge is 0.494 e. The topological polar surface area (TPSA) is 55.6 Å². The number of halogens is 2. The number of ether oxygens (including phenoxy) is 1. The molecule has 0 aliphatic heterocycles. The van der Waals surface area contributed by atoms with E-state index in [1.807, 2.05) is 18.2 Å². The van der Waals surface area contributed by atoms with Gasteiger partial charge in [-0.05, 0) is 48.5 Å². The number of carbonyl (C=O) groups excluding carboxylic acids is 1. The van der Waals surface area contributed by atoms with Gasteiger partial charge in [0.15, 0.2) is 5.13 Å². The van der Waals surface area contributed by atoms with E-state index in [0.717, 1.165) is 9.17 Å². The summed E-state index contributed by atoms with van der Waals surface area (Å²) in [6, 6.07) is 14.3. The van der Waals surface area contributed by atoms with Gasteiger partial charge in [-0.2, -0.15) is 0 Å². The number of fused-ring (bicyclic) bond motifs is 1. The highest BCUT2D eigenvalue weighted by molar-refractivity contribution is 9.10. The molecule has 0 atom stereocenters. The fourth-order valence-corrected chi connectivity index (χ4v) is 4.27. The lowest BCUT2D eigenvalue weighted by Crippen LogP contribution is -2.30. The predicted molar refractivity (Wildman–Crippen MR) is 115 cm³/mol. The number of methoxy groups -OCH3 is 1. The van der Waals surface area contributed by atoms with Crippen LogP contribution < -0.4 is 9.64 Å². The highest BCUT2D eigenvalue weighted by Gasteiger charge is 2.24. The molecular formula is C20H14BrClN2O3S. The number of thiazole rings is 1. The maximum Gasteiger partial charge on any atom is 0.260 e. The molecule has 5 nitrogen and oxygen atoms in total. The van der Waals surface area contributed by atoms with Gasteiger partial charge in [0, 0.05) is 10.0 Å². The van der Waals surface area contributed by atoms with E-state index in [4.69, 9.17) is 20.8 Å². The standard InChI is InChI=1S/C20H14BrClN2O3S/c1-26-16-9-8-15(22)18-17(16)23-20(28-18)24(11-14-3-2-10-27-14)19(25)12-4-6-13(21)7-5-12/h2-10H,11H2,1H3. The number of anilines is 1. The zero-order valence-corrected chi connectivity index (χ0v) is 17.8. The Morgan fingerprint density at radius 1 is 1.25 bits per heavy atom. The Balaban J connectivity index is 1.81. The number of nitrogens with zero attached hydrogens (tertiary/aromatic N) is 2. The van der Waals surface area contributed by atoms with Crippen LogP contribution in [0.2, 0.25) is 5.02 Å². The van der Waals surface area contributed by atoms with Gasteiger partial charge in [-0.1, -0.05) is 38.9 Å². The predicted octanol–water partition coefficient (Wildman–Crippen LogP) is 6.16. The van der Waals surface area contributed by atoms with Gasteiger partial charge in [-0.25, -0.2) is 4.98 Å². The molecule has 4 aromatic rings. The molecule has 0 fully saturated rings. The van der Waals surface area contributed by atoms with Crippen molar-refractivity contribution >= 4 is 60.1 Å². The van der Waals surface area contributed by atoms with Crippen molar-refractivity contribution < 1.29 is 13.9 Å². The Morgan fingerprint density at radius 3 is 2.71 bits per heavy atom. The van der Waals surface area contributed by atoms with Crippen LogP contribution >= 0.6 is 38.9 Å². The zero-order chi connectivity index (χ0) is 19.7. The second-order valence-electron chi connectivity index (χ2n) is 5.90. The quantitative estimate of drug-likeness (QED) is 0.345. The summed E-state index contributed by atoms with van der Waals surface area (Å²) in [5.74, 6) is 1.08. The molecule has 2 aromatic carbocycles. The molecule has 8 heteroatoms. The lowest BCUT2D eigenvalue weighted by Gasteiger charge is -2.18. The fraction of sp³-hybridized carbons (Fsp3) is 0.100. The molecule has 0 saturated heterocycles. The summed E-state index contributed by atoms with van der Waals surface area (Å²) in [7, 11) is 1.58. The third kappa shape index (κ3) is 3.65. The van der Waals surface area contributed by atoms with Crippen LogP contribution in [0.1, 0.15) is 16.1 Å². The lowest BCUT2D eigenvalue weighted by atomic mass is 10.2. The van der Waals surface area contributed by atoms with Gasteiger partial charge in [0.2, 0.25) is 0 Å². The van der Waals surface area contributed by atoms with Gasteiger partial charge in [0.05, 0.1) is 29.6 Å². The van der Waals surface area contributed by atoms with Crippen LogP contribution in [-0.4, -0.2) is 18.0 Å². The molecule has 4 rings (SSSR count). The number of carbonyl (C=O) groups is 1. The molecule has 0 saturated carbocycles. The van der Waals surface area contributed by atoms with Crippen molar-refractivity contribution in [2.75, 3.05) is 12.0 Å². The smallest absolute Gasteiger partial charge is 0.260 e. The number of benzene rings is 2. The van der Waals surface area contributed by atoms with Gasteiger partial charge in [0.25, 0.3) is 5.91 Å². The highest BCUT2D eigenvalue weighted by Crippen LogP contribution is 2.39. The summed E-state index contributed by atoms with van der Waals surface area (Å²) in [5.41, 5.74) is 1.18. The van der Waals surface area contributed by atoms with Crippen molar-refractivity contribution in [3.8, 4) is 5.75 Å². The first kappa shape index (κ1) is 19.0. The van der Waals surface area contributed by atoms with E-state index in [2.05, 4.69) is 20.9 Å². The summed E-state index contributed by atoms with van der Waals surface area (Å²) in [4.78, 5) is 19.5. The summed E-state index contributed by atoms with van der Waals surface area (Å²) >= 11 is 11.1. The molecule has 0 unspecified atom stereocenters. The van der Waals surface area contributed by atoms with E-state index in [1.165, 1.54) is 11.3 Å². The molecule has 2 heterocycles. The molecule has 28 heavy (non-hydrogen) atoms. The average Bonchev–Trinajstić information content (AvgIpc) is 3.37. The van der Waals surface area contributed by atoms with E-state index < -0.39 is 0 Å². The summed E-state index contributed by atoms with van der Waals surface area (Å²) in [6.45, 7) is 0.252. The molecule has 1 amide bonds. The summed E-state index contributed by atoms with van der Waals surface area (Å²) < 4.78 is 12.5. The van der Waals surface area contributed by atoms with E-state index in [9.17, 15) is 4.79 Å². The highest BCUT2D eigenvalue weighted by atomic mass is 79.9. The SMILES string of the molecule is COc1ccc(Cl)c2sc(N(Cc3ccco3)C(=O)c3ccc(Br)cc3)nc12. The van der Waals surface area contributed by atoms with Gasteiger partial charge in [-0.15, -0.1) is 0 Å². The summed E-state index contributed by atoms with van der Waals surface area (Å²) in [6.07, 6.45) is 1.58. The van der Waals surface area contributed by atoms with Gasteiger partial charge < -0.3 is 9.15 Å². The Labute approximate surface area is 178 Å². The van der Waals surface area contributed by atoms with Crippen molar-refractivity contribution in [1.82, 2.24) is 4.98 Å². The maximum atomic E-state index is 13.3. The first-order valence-electron chi connectivity index (χ1n) is 8.29. The Morgan fingerprint density at radius 2 is 2.04 bits per heavy atom. The second kappa shape index (κ2) is 7.95. The van der Waals surface area contributed by atoms with E-state index in [1.54, 1.807) is 48.6 Å². The van der Waals surface area contributed by atoms with Crippen LogP contribution in [0.5, 0.6) is 5.75 Å². The van der Waals surface area contributed by atoms with Crippen LogP contribution in [0.3, 0.4) is 0 Å². The lowest BCUT2D eigenvalue weighted by molar-refractivity contribution is 0.0983. The van der Waals surface area contributed by atoms with Crippen LogP contribution in [-0.2, 0) is 6.54 Å². The monoisotopic (exact) mass is 476 g/mol. The van der Waals surface area contributed by atoms with Crippen LogP contribution in [0.4, 0.5) is 5.13 Å². The average molecular weight is 478 g/mol. The molecule has 0 N–H and O–H groups in total. The Bertz CT molecular complexity index is 1130. The molecule has 0 aliphatic rings.